The van der Waals surface area contributed by atoms with Crippen molar-refractivity contribution in [2.24, 2.45) is 0 Å². The minimum absolute atomic E-state index is 0.0185. The number of aryl methyl sites for hydroxylation is 1. The highest BCUT2D eigenvalue weighted by atomic mass is 35.5. The van der Waals surface area contributed by atoms with Crippen LogP contribution < -0.4 is 10.9 Å². The number of amides is 1. The van der Waals surface area contributed by atoms with Gasteiger partial charge in [0.15, 0.2) is 0 Å². The molecule has 1 N–H and O–H groups in total. The van der Waals surface area contributed by atoms with E-state index in [4.69, 9.17) is 23.2 Å². The van der Waals surface area contributed by atoms with Gasteiger partial charge < -0.3 is 5.32 Å². The van der Waals surface area contributed by atoms with Crippen LogP contribution >= 0.6 is 23.2 Å². The van der Waals surface area contributed by atoms with Crippen LogP contribution in [-0.4, -0.2) is 10.5 Å². The summed E-state index contributed by atoms with van der Waals surface area (Å²) in [6.45, 7) is 1.97. The van der Waals surface area contributed by atoms with Gasteiger partial charge in [-0.2, -0.15) is 0 Å². The zero-order valence-electron chi connectivity index (χ0n) is 14.3. The number of nitrogens with zero attached hydrogens (tertiary/aromatic N) is 1. The summed E-state index contributed by atoms with van der Waals surface area (Å²) in [5, 5.41) is 3.21. The molecule has 0 saturated carbocycles. The second-order valence-corrected chi connectivity index (χ2v) is 6.78. The molecule has 0 radical (unpaired) electrons. The Morgan fingerprint density at radius 3 is 2.44 bits per heavy atom. The van der Waals surface area contributed by atoms with Crippen LogP contribution in [0.15, 0.2) is 59.4 Å². The maximum Gasteiger partial charge on any atom is 0.268 e. The van der Waals surface area contributed by atoms with E-state index in [2.05, 4.69) is 5.32 Å². The van der Waals surface area contributed by atoms with Crippen molar-refractivity contribution >= 4 is 29.1 Å². The monoisotopic (exact) mass is 404 g/mol. The van der Waals surface area contributed by atoms with Crippen LogP contribution in [0.3, 0.4) is 0 Å². The van der Waals surface area contributed by atoms with Crippen LogP contribution in [0.2, 0.25) is 10.0 Å². The highest BCUT2D eigenvalue weighted by Crippen LogP contribution is 2.19. The maximum atomic E-state index is 13.4. The summed E-state index contributed by atoms with van der Waals surface area (Å²) < 4.78 is 14.7. The molecular weight excluding hydrogens is 390 g/mol. The number of rotatable bonds is 4. The molecular formula is C20H15Cl2FN2O2. The van der Waals surface area contributed by atoms with E-state index in [-0.39, 0.29) is 17.1 Å². The third kappa shape index (κ3) is 4.21. The molecule has 0 aliphatic heterocycles. The van der Waals surface area contributed by atoms with Crippen molar-refractivity contribution in [3.8, 4) is 5.69 Å². The van der Waals surface area contributed by atoms with Crippen LogP contribution in [0.5, 0.6) is 0 Å². The first-order valence-corrected chi connectivity index (χ1v) is 8.83. The Hall–Kier alpha value is -2.63. The predicted octanol–water partition coefficient (Wildman–Crippen LogP) is 4.52. The van der Waals surface area contributed by atoms with Gasteiger partial charge in [-0.25, -0.2) is 4.39 Å². The Labute approximate surface area is 165 Å². The van der Waals surface area contributed by atoms with Crippen LogP contribution in [0.25, 0.3) is 5.69 Å². The van der Waals surface area contributed by atoms with E-state index in [0.717, 1.165) is 5.56 Å². The fourth-order valence-corrected chi connectivity index (χ4v) is 2.93. The Bertz CT molecular complexity index is 1060. The van der Waals surface area contributed by atoms with Crippen molar-refractivity contribution in [2.45, 2.75) is 13.5 Å². The summed E-state index contributed by atoms with van der Waals surface area (Å²) in [5.41, 5.74) is 1.31. The van der Waals surface area contributed by atoms with Crippen molar-refractivity contribution in [3.63, 3.8) is 0 Å². The molecule has 3 aromatic rings. The molecule has 2 aromatic carbocycles. The summed E-state index contributed by atoms with van der Waals surface area (Å²) >= 11 is 11.7. The molecule has 1 aromatic heterocycles. The molecule has 1 heterocycles. The lowest BCUT2D eigenvalue weighted by atomic mass is 10.2. The van der Waals surface area contributed by atoms with Crippen molar-refractivity contribution < 1.29 is 9.18 Å². The largest absolute Gasteiger partial charge is 0.348 e. The van der Waals surface area contributed by atoms with Gasteiger partial charge in [0.2, 0.25) is 0 Å². The average Bonchev–Trinajstić information content (AvgIpc) is 2.64. The Morgan fingerprint density at radius 2 is 1.78 bits per heavy atom. The smallest absolute Gasteiger partial charge is 0.268 e. The van der Waals surface area contributed by atoms with E-state index in [0.29, 0.717) is 16.4 Å². The zero-order valence-corrected chi connectivity index (χ0v) is 15.8. The maximum absolute atomic E-state index is 13.4. The lowest BCUT2D eigenvalue weighted by Gasteiger charge is -2.13. The molecule has 0 aliphatic carbocycles. The van der Waals surface area contributed by atoms with Gasteiger partial charge in [-0.15, -0.1) is 0 Å². The molecule has 4 nitrogen and oxygen atoms in total. The van der Waals surface area contributed by atoms with Gasteiger partial charge in [0.25, 0.3) is 11.5 Å². The number of hydrogen-bond acceptors (Lipinski definition) is 2. The number of hydrogen-bond donors (Lipinski definition) is 1. The fraction of sp³-hybridized carbons (Fsp3) is 0.100. The van der Waals surface area contributed by atoms with E-state index in [1.165, 1.54) is 28.8 Å². The number of halogens is 3. The topological polar surface area (TPSA) is 51.1 Å². The van der Waals surface area contributed by atoms with Gasteiger partial charge >= 0.3 is 0 Å². The van der Waals surface area contributed by atoms with Gasteiger partial charge in [0, 0.05) is 17.3 Å². The third-order valence-corrected chi connectivity index (χ3v) is 4.59. The Kier molecular flexibility index (Phi) is 5.63. The Morgan fingerprint density at radius 1 is 1.07 bits per heavy atom. The second-order valence-electron chi connectivity index (χ2n) is 5.94. The van der Waals surface area contributed by atoms with E-state index in [1.54, 1.807) is 37.3 Å². The van der Waals surface area contributed by atoms with Crippen molar-refractivity contribution in [1.82, 2.24) is 9.88 Å². The first-order valence-electron chi connectivity index (χ1n) is 8.07. The van der Waals surface area contributed by atoms with Gasteiger partial charge in [-0.3, -0.25) is 14.2 Å². The molecule has 0 aliphatic rings. The predicted molar refractivity (Wildman–Crippen MR) is 104 cm³/mol. The average molecular weight is 405 g/mol. The van der Waals surface area contributed by atoms with Crippen LogP contribution in [0.4, 0.5) is 4.39 Å². The molecule has 27 heavy (non-hydrogen) atoms. The summed E-state index contributed by atoms with van der Waals surface area (Å²) in [4.78, 5) is 25.3. The van der Waals surface area contributed by atoms with Crippen molar-refractivity contribution in [3.05, 3.63) is 97.6 Å². The van der Waals surface area contributed by atoms with E-state index in [1.807, 2.05) is 0 Å². The van der Waals surface area contributed by atoms with Crippen LogP contribution in [0.1, 0.15) is 21.6 Å². The molecule has 0 saturated heterocycles. The van der Waals surface area contributed by atoms with Crippen molar-refractivity contribution in [2.75, 3.05) is 0 Å². The van der Waals surface area contributed by atoms with E-state index < -0.39 is 17.3 Å². The first-order chi connectivity index (χ1) is 12.9. The minimum Gasteiger partial charge on any atom is -0.348 e. The lowest BCUT2D eigenvalue weighted by molar-refractivity contribution is 0.0949. The molecule has 138 valence electrons. The fourth-order valence-electron chi connectivity index (χ4n) is 2.63. The zero-order chi connectivity index (χ0) is 19.6. The second kappa shape index (κ2) is 7.94. The normalized spacial score (nSPS) is 10.7. The Balaban J connectivity index is 1.90. The number of aromatic nitrogens is 1. The first kappa shape index (κ1) is 19.1. The molecule has 0 spiro atoms. The number of pyridine rings is 1. The number of carbonyl (C=O) groups excluding carboxylic acids is 1. The minimum atomic E-state index is -0.581. The quantitative estimate of drug-likeness (QED) is 0.694. The van der Waals surface area contributed by atoms with Gasteiger partial charge in [0.1, 0.15) is 11.4 Å². The molecule has 0 bridgehead atoms. The summed E-state index contributed by atoms with van der Waals surface area (Å²) in [6, 6.07) is 14.1. The van der Waals surface area contributed by atoms with E-state index >= 15 is 0 Å². The summed E-state index contributed by atoms with van der Waals surface area (Å²) in [5.74, 6) is -1.08. The highest BCUT2D eigenvalue weighted by molar-refractivity contribution is 6.31. The molecule has 1 amide bonds. The van der Waals surface area contributed by atoms with Crippen molar-refractivity contribution in [1.29, 1.82) is 0 Å². The number of benzene rings is 2. The van der Waals surface area contributed by atoms with Crippen LogP contribution in [-0.2, 0) is 6.54 Å². The van der Waals surface area contributed by atoms with Gasteiger partial charge in [0.05, 0.1) is 10.7 Å². The molecule has 0 fully saturated rings. The molecule has 0 unspecified atom stereocenters. The molecule has 7 heteroatoms. The standard InChI is InChI=1S/C20H15Cl2FN2O2/c1-12-2-8-16(19(26)24-11-13-3-5-14(21)6-4-13)20(27)25(12)15-7-9-18(23)17(22)10-15/h2-10H,11H2,1H3,(H,24,26). The number of nitrogens with one attached hydrogen (secondary N) is 1. The molecule has 3 rings (SSSR count). The SMILES string of the molecule is Cc1ccc(C(=O)NCc2ccc(Cl)cc2)c(=O)n1-c1ccc(F)c(Cl)c1. The highest BCUT2D eigenvalue weighted by Gasteiger charge is 2.15. The van der Waals surface area contributed by atoms with E-state index in [9.17, 15) is 14.0 Å². The lowest BCUT2D eigenvalue weighted by Crippen LogP contribution is -2.33. The van der Waals surface area contributed by atoms with Crippen LogP contribution in [0, 0.1) is 12.7 Å². The molecule has 0 atom stereocenters. The van der Waals surface area contributed by atoms with Gasteiger partial charge in [-0.1, -0.05) is 35.3 Å². The summed E-state index contributed by atoms with van der Waals surface area (Å²) in [7, 11) is 0. The van der Waals surface area contributed by atoms with Gasteiger partial charge in [-0.05, 0) is 55.0 Å². The summed E-state index contributed by atoms with van der Waals surface area (Å²) in [6.07, 6.45) is 0. The third-order valence-electron chi connectivity index (χ3n) is 4.05. The number of carbonyl (C=O) groups is 1.